The van der Waals surface area contributed by atoms with Crippen LogP contribution in [-0.4, -0.2) is 43.3 Å². The molecule has 0 unspecified atom stereocenters. The SMILES string of the molecule is CC(C)(C)OC(=O)C(C)(C)ON=C(C(=O)O)c1nsc(N)n1. The Morgan fingerprint density at radius 1 is 1.27 bits per heavy atom. The summed E-state index contributed by atoms with van der Waals surface area (Å²) in [5.41, 5.74) is 2.66. The molecule has 0 aromatic carbocycles. The molecular weight excluding hydrogens is 312 g/mol. The van der Waals surface area contributed by atoms with Crippen molar-refractivity contribution in [3.8, 4) is 0 Å². The van der Waals surface area contributed by atoms with Crippen LogP contribution in [0.3, 0.4) is 0 Å². The van der Waals surface area contributed by atoms with Crippen molar-refractivity contribution in [2.24, 2.45) is 5.16 Å². The normalized spacial score (nSPS) is 12.9. The predicted molar refractivity (Wildman–Crippen MR) is 79.5 cm³/mol. The van der Waals surface area contributed by atoms with Gasteiger partial charge in [-0.2, -0.15) is 9.36 Å². The Labute approximate surface area is 131 Å². The maximum absolute atomic E-state index is 12.0. The van der Waals surface area contributed by atoms with Crippen LogP contribution >= 0.6 is 11.5 Å². The second kappa shape index (κ2) is 6.26. The zero-order valence-corrected chi connectivity index (χ0v) is 13.7. The molecule has 0 aliphatic heterocycles. The quantitative estimate of drug-likeness (QED) is 0.464. The molecule has 3 N–H and O–H groups in total. The van der Waals surface area contributed by atoms with Crippen molar-refractivity contribution in [2.45, 2.75) is 45.8 Å². The van der Waals surface area contributed by atoms with Gasteiger partial charge in [0.2, 0.25) is 17.1 Å². The molecule has 1 aromatic heterocycles. The van der Waals surface area contributed by atoms with Gasteiger partial charge in [0.1, 0.15) is 5.60 Å². The number of nitrogens with two attached hydrogens (primary N) is 1. The maximum atomic E-state index is 12.0. The topological polar surface area (TPSA) is 137 Å². The number of esters is 1. The second-order valence-corrected chi connectivity index (χ2v) is 6.59. The molecule has 0 fully saturated rings. The number of rotatable bonds is 5. The van der Waals surface area contributed by atoms with Gasteiger partial charge in [-0.25, -0.2) is 9.59 Å². The minimum atomic E-state index is -1.48. The molecule has 0 atom stereocenters. The van der Waals surface area contributed by atoms with Gasteiger partial charge in [0, 0.05) is 11.5 Å². The summed E-state index contributed by atoms with van der Waals surface area (Å²) in [7, 11) is 0. The summed E-state index contributed by atoms with van der Waals surface area (Å²) < 4.78 is 8.92. The molecule has 0 saturated carbocycles. The third-order valence-electron chi connectivity index (χ3n) is 2.11. The third kappa shape index (κ3) is 4.95. The number of oxime groups is 1. The van der Waals surface area contributed by atoms with Crippen molar-refractivity contribution in [2.75, 3.05) is 5.73 Å². The molecule has 0 amide bonds. The Kier molecular flexibility index (Phi) is 5.07. The van der Waals surface area contributed by atoms with Crippen LogP contribution in [0.4, 0.5) is 5.13 Å². The van der Waals surface area contributed by atoms with Gasteiger partial charge in [0.15, 0.2) is 5.13 Å². The number of hydrogen-bond acceptors (Lipinski definition) is 9. The van der Waals surface area contributed by atoms with E-state index >= 15 is 0 Å². The predicted octanol–water partition coefficient (Wildman–Crippen LogP) is 1.05. The lowest BCUT2D eigenvalue weighted by Crippen LogP contribution is -2.40. The highest BCUT2D eigenvalue weighted by Crippen LogP contribution is 2.18. The van der Waals surface area contributed by atoms with Crippen molar-refractivity contribution in [3.05, 3.63) is 5.82 Å². The highest BCUT2D eigenvalue weighted by Gasteiger charge is 2.36. The van der Waals surface area contributed by atoms with E-state index in [1.54, 1.807) is 20.8 Å². The van der Waals surface area contributed by atoms with Gasteiger partial charge in [0.25, 0.3) is 0 Å². The number of ether oxygens (including phenoxy) is 1. The number of carboxylic acid groups (broad SMARTS) is 1. The number of carbonyl (C=O) groups excluding carboxylic acids is 1. The maximum Gasteiger partial charge on any atom is 0.362 e. The molecular formula is C12H18N4O5S. The van der Waals surface area contributed by atoms with E-state index in [1.807, 2.05) is 0 Å². The highest BCUT2D eigenvalue weighted by atomic mass is 32.1. The number of anilines is 1. The van der Waals surface area contributed by atoms with Crippen LogP contribution in [0.1, 0.15) is 40.4 Å². The van der Waals surface area contributed by atoms with E-state index in [0.29, 0.717) is 0 Å². The fourth-order valence-electron chi connectivity index (χ4n) is 1.10. The monoisotopic (exact) mass is 330 g/mol. The number of aliphatic carboxylic acids is 1. The molecule has 9 nitrogen and oxygen atoms in total. The van der Waals surface area contributed by atoms with Gasteiger partial charge in [-0.05, 0) is 34.6 Å². The number of hydrogen-bond donors (Lipinski definition) is 2. The fourth-order valence-corrected chi connectivity index (χ4v) is 1.54. The van der Waals surface area contributed by atoms with Crippen LogP contribution in [0.5, 0.6) is 0 Å². The Morgan fingerprint density at radius 3 is 2.27 bits per heavy atom. The van der Waals surface area contributed by atoms with Gasteiger partial charge >= 0.3 is 11.9 Å². The van der Waals surface area contributed by atoms with Crippen LogP contribution in [0.15, 0.2) is 5.16 Å². The summed E-state index contributed by atoms with van der Waals surface area (Å²) >= 11 is 0.823. The van der Waals surface area contributed by atoms with Crippen molar-refractivity contribution < 1.29 is 24.3 Å². The van der Waals surface area contributed by atoms with Crippen molar-refractivity contribution in [1.29, 1.82) is 0 Å². The van der Waals surface area contributed by atoms with Crippen LogP contribution in [0.25, 0.3) is 0 Å². The average molecular weight is 330 g/mol. The number of nitrogens with zero attached hydrogens (tertiary/aromatic N) is 3. The minimum Gasteiger partial charge on any atom is -0.476 e. The lowest BCUT2D eigenvalue weighted by atomic mass is 10.1. The molecule has 1 heterocycles. The van der Waals surface area contributed by atoms with E-state index in [4.69, 9.17) is 20.4 Å². The minimum absolute atomic E-state index is 0.0929. The number of aromatic nitrogens is 2. The summed E-state index contributed by atoms with van der Waals surface area (Å²) in [4.78, 5) is 31.9. The zero-order chi connectivity index (χ0) is 17.1. The summed E-state index contributed by atoms with van der Waals surface area (Å²) in [6, 6.07) is 0. The first-order chi connectivity index (χ1) is 9.92. The van der Waals surface area contributed by atoms with Gasteiger partial charge in [0.05, 0.1) is 0 Å². The molecule has 1 aromatic rings. The zero-order valence-electron chi connectivity index (χ0n) is 12.9. The summed E-state index contributed by atoms with van der Waals surface area (Å²) in [6.45, 7) is 7.93. The van der Waals surface area contributed by atoms with Gasteiger partial charge in [-0.1, -0.05) is 5.16 Å². The first-order valence-electron chi connectivity index (χ1n) is 6.25. The van der Waals surface area contributed by atoms with Crippen LogP contribution < -0.4 is 5.73 Å². The fraction of sp³-hybridized carbons (Fsp3) is 0.583. The Morgan fingerprint density at radius 2 is 1.86 bits per heavy atom. The molecule has 0 aliphatic carbocycles. The lowest BCUT2D eigenvalue weighted by molar-refractivity contribution is -0.179. The molecule has 0 spiro atoms. The van der Waals surface area contributed by atoms with E-state index in [2.05, 4.69) is 14.5 Å². The third-order valence-corrected chi connectivity index (χ3v) is 2.65. The van der Waals surface area contributed by atoms with E-state index in [0.717, 1.165) is 11.5 Å². The summed E-state index contributed by atoms with van der Waals surface area (Å²) in [5, 5.41) is 12.7. The lowest BCUT2D eigenvalue weighted by Gasteiger charge is -2.26. The molecule has 122 valence electrons. The molecule has 0 aliphatic rings. The second-order valence-electron chi connectivity index (χ2n) is 5.80. The first kappa shape index (κ1) is 17.8. The standard InChI is InChI=1S/C12H18N4O5S/c1-11(2,3)20-9(19)12(4,5)21-15-6(8(17)18)7-14-10(13)22-16-7/h1-5H3,(H,17,18)(H2,13,14,16). The van der Waals surface area contributed by atoms with Gasteiger partial charge in [-0.15, -0.1) is 0 Å². The molecule has 1 rings (SSSR count). The Balaban J connectivity index is 2.94. The van der Waals surface area contributed by atoms with Crippen LogP contribution in [0, 0.1) is 0 Å². The van der Waals surface area contributed by atoms with Crippen LogP contribution in [-0.2, 0) is 19.2 Å². The van der Waals surface area contributed by atoms with Gasteiger partial charge < -0.3 is 20.4 Å². The van der Waals surface area contributed by atoms with Crippen molar-refractivity contribution >= 4 is 34.3 Å². The van der Waals surface area contributed by atoms with Crippen LogP contribution in [0.2, 0.25) is 0 Å². The van der Waals surface area contributed by atoms with Crippen molar-refractivity contribution in [1.82, 2.24) is 9.36 Å². The highest BCUT2D eigenvalue weighted by molar-refractivity contribution is 7.09. The van der Waals surface area contributed by atoms with Gasteiger partial charge in [-0.3, -0.25) is 0 Å². The molecule has 22 heavy (non-hydrogen) atoms. The largest absolute Gasteiger partial charge is 0.476 e. The molecule has 0 bridgehead atoms. The molecule has 0 radical (unpaired) electrons. The Bertz CT molecular complexity index is 603. The Hall–Kier alpha value is -2.23. The average Bonchev–Trinajstić information content (AvgIpc) is 2.73. The summed E-state index contributed by atoms with van der Waals surface area (Å²) in [6.07, 6.45) is 0. The number of carbonyl (C=O) groups is 2. The molecule has 0 saturated heterocycles. The smallest absolute Gasteiger partial charge is 0.362 e. The van der Waals surface area contributed by atoms with E-state index in [-0.39, 0.29) is 11.0 Å². The van der Waals surface area contributed by atoms with Crippen molar-refractivity contribution in [3.63, 3.8) is 0 Å². The van der Waals surface area contributed by atoms with E-state index in [9.17, 15) is 9.59 Å². The molecule has 10 heteroatoms. The number of nitrogen functional groups attached to an aromatic ring is 1. The summed E-state index contributed by atoms with van der Waals surface area (Å²) in [5.74, 6) is -2.27. The van der Waals surface area contributed by atoms with E-state index in [1.165, 1.54) is 13.8 Å². The van der Waals surface area contributed by atoms with E-state index < -0.39 is 28.9 Å². The number of carboxylic acids is 1. The first-order valence-corrected chi connectivity index (χ1v) is 7.02.